The van der Waals surface area contributed by atoms with Crippen LogP contribution in [-0.2, 0) is 16.0 Å². The predicted molar refractivity (Wildman–Crippen MR) is 175 cm³/mol. The van der Waals surface area contributed by atoms with Gasteiger partial charge in [-0.15, -0.1) is 0 Å². The van der Waals surface area contributed by atoms with Gasteiger partial charge in [-0.3, -0.25) is 29.0 Å². The summed E-state index contributed by atoms with van der Waals surface area (Å²) in [5.41, 5.74) is 6.55. The summed E-state index contributed by atoms with van der Waals surface area (Å²) in [5.74, 6) is -0.333. The summed E-state index contributed by atoms with van der Waals surface area (Å²) in [7, 11) is 0. The third-order valence-corrected chi connectivity index (χ3v) is 9.81. The van der Waals surface area contributed by atoms with Gasteiger partial charge in [-0.2, -0.15) is 5.10 Å². The zero-order valence-corrected chi connectivity index (χ0v) is 26.7. The molecule has 0 saturated carbocycles. The van der Waals surface area contributed by atoms with Gasteiger partial charge in [-0.25, -0.2) is 9.49 Å². The fraction of sp³-hybridized carbons (Fsp3) is 0.500. The number of fused-ring (bicyclic) bond motifs is 1. The summed E-state index contributed by atoms with van der Waals surface area (Å²) in [4.78, 5) is 60.4. The molecule has 2 aromatic carbocycles. The molecule has 12 nitrogen and oxygen atoms in total. The fourth-order valence-electron chi connectivity index (χ4n) is 6.97. The normalized spacial score (nSPS) is 18.6. The quantitative estimate of drug-likeness (QED) is 0.366. The number of nitrogens with one attached hydrogen (secondary N) is 1. The van der Waals surface area contributed by atoms with E-state index in [9.17, 15) is 23.6 Å². The average molecular weight is 647 g/mol. The maximum atomic E-state index is 14.9. The molecule has 3 saturated heterocycles. The summed E-state index contributed by atoms with van der Waals surface area (Å²) >= 11 is 0. The number of piperazine rings is 2. The van der Waals surface area contributed by atoms with Crippen molar-refractivity contribution in [1.82, 2.24) is 34.7 Å². The average Bonchev–Trinajstić information content (AvgIpc) is 3.11. The van der Waals surface area contributed by atoms with Crippen molar-refractivity contribution in [2.24, 2.45) is 11.7 Å². The van der Waals surface area contributed by atoms with Crippen molar-refractivity contribution in [1.29, 1.82) is 0 Å². The number of H-pyrrole nitrogens is 1. The molecule has 3 fully saturated rings. The summed E-state index contributed by atoms with van der Waals surface area (Å²) < 4.78 is 14.9. The molecule has 0 radical (unpaired) electrons. The number of hydrogen-bond acceptors (Lipinski definition) is 8. The van der Waals surface area contributed by atoms with Crippen LogP contribution in [0.25, 0.3) is 10.8 Å². The smallest absolute Gasteiger partial charge is 0.272 e. The lowest BCUT2D eigenvalue weighted by Crippen LogP contribution is -2.53. The Morgan fingerprint density at radius 2 is 1.45 bits per heavy atom. The number of amides is 3. The van der Waals surface area contributed by atoms with Crippen LogP contribution in [0.5, 0.6) is 0 Å². The Labute approximate surface area is 273 Å². The van der Waals surface area contributed by atoms with E-state index in [0.29, 0.717) is 67.1 Å². The molecule has 3 aliphatic heterocycles. The number of benzene rings is 2. The Kier molecular flexibility index (Phi) is 10.2. The van der Waals surface area contributed by atoms with Crippen LogP contribution in [0, 0.1) is 11.7 Å². The molecule has 1 aromatic heterocycles. The van der Waals surface area contributed by atoms with Crippen LogP contribution in [0.15, 0.2) is 47.3 Å². The number of nitrogens with zero attached hydrogens (tertiary/aromatic N) is 6. The van der Waals surface area contributed by atoms with Gasteiger partial charge < -0.3 is 20.4 Å². The molecule has 47 heavy (non-hydrogen) atoms. The Hall–Kier alpha value is -4.20. The first-order valence-electron chi connectivity index (χ1n) is 16.5. The van der Waals surface area contributed by atoms with Crippen LogP contribution < -0.4 is 11.3 Å². The number of rotatable bonds is 8. The van der Waals surface area contributed by atoms with Gasteiger partial charge in [-0.1, -0.05) is 24.3 Å². The number of carbonyl (C=O) groups is 3. The topological polar surface area (TPSA) is 139 Å². The Balaban J connectivity index is 0.961. The standard InChI is InChI=1S/C34H43FN8O4/c35-29-6-5-25(20-30-26-3-1-2-4-27(26)33(46)38-37-30)19-28(29)34(47)43-17-15-42(16-18-43)32(45)23-39-9-7-24(8-10-39)22-40-11-13-41(14-12-40)31(44)21-36/h1-6,19,24H,7-18,20-23,36H2,(H,38,46). The molecule has 0 aliphatic carbocycles. The van der Waals surface area contributed by atoms with Gasteiger partial charge in [0, 0.05) is 70.7 Å². The highest BCUT2D eigenvalue weighted by Gasteiger charge is 2.29. The first-order chi connectivity index (χ1) is 22.8. The fourth-order valence-corrected chi connectivity index (χ4v) is 6.97. The first-order valence-corrected chi connectivity index (χ1v) is 16.5. The summed E-state index contributed by atoms with van der Waals surface area (Å²) in [6.45, 7) is 7.93. The Morgan fingerprint density at radius 1 is 0.809 bits per heavy atom. The van der Waals surface area contributed by atoms with E-state index in [1.165, 1.54) is 6.07 Å². The van der Waals surface area contributed by atoms with E-state index >= 15 is 0 Å². The van der Waals surface area contributed by atoms with E-state index in [4.69, 9.17) is 5.73 Å². The summed E-state index contributed by atoms with van der Waals surface area (Å²) in [6, 6.07) is 11.7. The molecule has 0 atom stereocenters. The van der Waals surface area contributed by atoms with Gasteiger partial charge in [0.05, 0.1) is 29.7 Å². The molecular weight excluding hydrogens is 603 g/mol. The van der Waals surface area contributed by atoms with E-state index < -0.39 is 11.7 Å². The van der Waals surface area contributed by atoms with Crippen LogP contribution in [0.2, 0.25) is 0 Å². The van der Waals surface area contributed by atoms with E-state index in [-0.39, 0.29) is 29.5 Å². The summed E-state index contributed by atoms with van der Waals surface area (Å²) in [6.07, 6.45) is 2.40. The molecule has 4 heterocycles. The van der Waals surface area contributed by atoms with Crippen LogP contribution >= 0.6 is 0 Å². The molecule has 3 aliphatic rings. The highest BCUT2D eigenvalue weighted by Crippen LogP contribution is 2.22. The summed E-state index contributed by atoms with van der Waals surface area (Å²) in [5, 5.41) is 7.97. The van der Waals surface area contributed by atoms with Crippen LogP contribution in [0.4, 0.5) is 4.39 Å². The molecular formula is C34H43FN8O4. The zero-order valence-electron chi connectivity index (χ0n) is 26.7. The number of aromatic amines is 1. The molecule has 13 heteroatoms. The number of likely N-dealkylation sites (tertiary alicyclic amines) is 1. The van der Waals surface area contributed by atoms with Crippen molar-refractivity contribution >= 4 is 28.5 Å². The van der Waals surface area contributed by atoms with Crippen LogP contribution in [-0.4, -0.2) is 138 Å². The molecule has 3 aromatic rings. The second kappa shape index (κ2) is 14.7. The third-order valence-electron chi connectivity index (χ3n) is 9.81. The minimum Gasteiger partial charge on any atom is -0.339 e. The Bertz CT molecular complexity index is 1660. The second-order valence-electron chi connectivity index (χ2n) is 12.8. The number of carbonyl (C=O) groups excluding carboxylic acids is 3. The lowest BCUT2D eigenvalue weighted by Gasteiger charge is -2.39. The first kappa shape index (κ1) is 32.7. The third kappa shape index (κ3) is 7.69. The molecule has 250 valence electrons. The predicted octanol–water partition coefficient (Wildman–Crippen LogP) is 0.752. The van der Waals surface area contributed by atoms with Gasteiger partial charge in [0.15, 0.2) is 0 Å². The van der Waals surface area contributed by atoms with Crippen LogP contribution in [0.1, 0.15) is 34.5 Å². The van der Waals surface area contributed by atoms with Gasteiger partial charge in [0.1, 0.15) is 5.82 Å². The number of piperidine rings is 1. The SMILES string of the molecule is NCC(=O)N1CCN(CC2CCN(CC(=O)N3CCN(C(=O)c4cc(Cc5n[nH]c(=O)c6ccccc56)ccc4F)CC3)CC2)CC1. The number of nitrogens with two attached hydrogens (primary N) is 1. The van der Waals surface area contributed by atoms with Crippen molar-refractivity contribution in [3.63, 3.8) is 0 Å². The van der Waals surface area contributed by atoms with E-state index in [1.54, 1.807) is 34.1 Å². The monoisotopic (exact) mass is 646 g/mol. The van der Waals surface area contributed by atoms with Crippen molar-refractivity contribution in [3.05, 3.63) is 75.5 Å². The molecule has 6 rings (SSSR count). The van der Waals surface area contributed by atoms with Gasteiger partial charge in [-0.05, 0) is 55.6 Å². The molecule has 3 N–H and O–H groups in total. The minimum atomic E-state index is -0.594. The maximum absolute atomic E-state index is 14.9. The van der Waals surface area contributed by atoms with E-state index in [1.807, 2.05) is 17.0 Å². The zero-order chi connectivity index (χ0) is 32.9. The van der Waals surface area contributed by atoms with E-state index in [2.05, 4.69) is 20.0 Å². The van der Waals surface area contributed by atoms with Crippen molar-refractivity contribution in [2.75, 3.05) is 85.1 Å². The van der Waals surface area contributed by atoms with Crippen molar-refractivity contribution in [3.8, 4) is 0 Å². The second-order valence-corrected chi connectivity index (χ2v) is 12.8. The number of hydrogen-bond donors (Lipinski definition) is 2. The highest BCUT2D eigenvalue weighted by atomic mass is 19.1. The maximum Gasteiger partial charge on any atom is 0.272 e. The largest absolute Gasteiger partial charge is 0.339 e. The molecule has 0 unspecified atom stereocenters. The van der Waals surface area contributed by atoms with Gasteiger partial charge in [0.25, 0.3) is 11.5 Å². The lowest BCUT2D eigenvalue weighted by molar-refractivity contribution is -0.134. The Morgan fingerprint density at radius 3 is 2.15 bits per heavy atom. The molecule has 3 amide bonds. The van der Waals surface area contributed by atoms with Gasteiger partial charge in [0.2, 0.25) is 11.8 Å². The van der Waals surface area contributed by atoms with Crippen molar-refractivity contribution in [2.45, 2.75) is 19.3 Å². The number of halogens is 1. The van der Waals surface area contributed by atoms with E-state index in [0.717, 1.165) is 58.7 Å². The van der Waals surface area contributed by atoms with Crippen molar-refractivity contribution < 1.29 is 18.8 Å². The number of aromatic nitrogens is 2. The van der Waals surface area contributed by atoms with Gasteiger partial charge >= 0.3 is 0 Å². The lowest BCUT2D eigenvalue weighted by atomic mass is 9.96. The molecule has 0 bridgehead atoms. The van der Waals surface area contributed by atoms with Crippen LogP contribution in [0.3, 0.4) is 0 Å². The minimum absolute atomic E-state index is 0.00944. The molecule has 0 spiro atoms. The highest BCUT2D eigenvalue weighted by molar-refractivity contribution is 5.95.